The summed E-state index contributed by atoms with van der Waals surface area (Å²) in [6.07, 6.45) is 0. The van der Waals surface area contributed by atoms with Crippen molar-refractivity contribution in [2.75, 3.05) is 13.1 Å². The molecule has 74 valence electrons. The molecule has 0 aromatic heterocycles. The molecule has 0 saturated carbocycles. The van der Waals surface area contributed by atoms with Crippen LogP contribution in [0.1, 0.15) is 13.8 Å². The number of aliphatic carboxylic acids is 2. The van der Waals surface area contributed by atoms with Crippen molar-refractivity contribution in [1.82, 2.24) is 0 Å². The Labute approximate surface area is 107 Å². The van der Waals surface area contributed by atoms with Crippen molar-refractivity contribution in [3.05, 3.63) is 0 Å². The Balaban J connectivity index is -0.0000000450. The molecule has 0 rings (SSSR count). The van der Waals surface area contributed by atoms with Crippen molar-refractivity contribution in [3.63, 3.8) is 0 Å². The van der Waals surface area contributed by atoms with Crippen LogP contribution in [0.4, 0.5) is 0 Å². The second-order valence-electron chi connectivity index (χ2n) is 1.56. The zero-order valence-electron chi connectivity index (χ0n) is 7.91. The van der Waals surface area contributed by atoms with Gasteiger partial charge in [-0.2, -0.15) is 0 Å². The van der Waals surface area contributed by atoms with E-state index in [2.05, 4.69) is 0 Å². The summed E-state index contributed by atoms with van der Waals surface area (Å²) in [7, 11) is 0. The molecule has 7 heteroatoms. The third kappa shape index (κ3) is 990. The Bertz CT molecular complexity index is 99.2. The Morgan fingerprint density at radius 1 is 1.00 bits per heavy atom. The van der Waals surface area contributed by atoms with Crippen LogP contribution in [-0.2, 0) is 9.59 Å². The van der Waals surface area contributed by atoms with Crippen LogP contribution in [0, 0.1) is 0 Å². The first-order chi connectivity index (χ1) is 5.38. The van der Waals surface area contributed by atoms with E-state index in [1.807, 2.05) is 0 Å². The molecule has 0 radical (unpaired) electrons. The van der Waals surface area contributed by atoms with Crippen LogP contribution in [0.25, 0.3) is 0 Å². The summed E-state index contributed by atoms with van der Waals surface area (Å²) in [6.45, 7) is 3.14. The first-order valence-corrected chi connectivity index (χ1v) is 3.13. The van der Waals surface area contributed by atoms with Crippen molar-refractivity contribution in [3.8, 4) is 0 Å². The first kappa shape index (κ1) is 23.2. The van der Waals surface area contributed by atoms with Crippen LogP contribution in [0.2, 0.25) is 0 Å². The molecule has 13 heavy (non-hydrogen) atoms. The summed E-state index contributed by atoms with van der Waals surface area (Å²) in [4.78, 5) is 17.8. The maximum absolute atomic E-state index is 8.89. The number of hydrogen-bond donors (Lipinski definition) is 2. The Kier molecular flexibility index (Phi) is 40.5. The van der Waals surface area contributed by atoms with Gasteiger partial charge in [-0.3, -0.25) is 0 Å². The molecule has 0 aromatic carbocycles. The molecular weight excluding hydrogens is 204 g/mol. The smallest absolute Gasteiger partial charge is 0.550 e. The maximum Gasteiger partial charge on any atom is 2.00 e. The maximum atomic E-state index is 8.89. The van der Waals surface area contributed by atoms with Gasteiger partial charge in [0.2, 0.25) is 0 Å². The topological polar surface area (TPSA) is 132 Å². The van der Waals surface area contributed by atoms with E-state index in [-0.39, 0.29) is 37.7 Å². The number of nitrogens with two attached hydrogens (primary N) is 2. The molecule has 0 unspecified atom stereocenters. The summed E-state index contributed by atoms with van der Waals surface area (Å²) >= 11 is 0. The molecule has 0 saturated heterocycles. The zero-order valence-corrected chi connectivity index (χ0v) is 10.1. The van der Waals surface area contributed by atoms with Gasteiger partial charge in [-0.15, -0.1) is 0 Å². The molecule has 0 spiro atoms. The Morgan fingerprint density at radius 2 is 1.08 bits per heavy atom. The van der Waals surface area contributed by atoms with E-state index in [0.717, 1.165) is 13.8 Å². The SMILES string of the molecule is CC(=O)[O-].CC(=O)[O-].NCCN.[Ca+2]. The third-order valence-corrected chi connectivity index (χ3v) is 0.167. The summed E-state index contributed by atoms with van der Waals surface area (Å²) in [5, 5.41) is 17.8. The minimum absolute atomic E-state index is 0. The molecule has 0 aliphatic heterocycles. The largest absolute Gasteiger partial charge is 2.00 e. The van der Waals surface area contributed by atoms with Crippen molar-refractivity contribution >= 4 is 49.7 Å². The van der Waals surface area contributed by atoms with Crippen LogP contribution < -0.4 is 21.7 Å². The summed E-state index contributed by atoms with van der Waals surface area (Å²) in [5.41, 5.74) is 9.81. The van der Waals surface area contributed by atoms with E-state index in [4.69, 9.17) is 31.3 Å². The van der Waals surface area contributed by atoms with Crippen LogP contribution in [0.5, 0.6) is 0 Å². The zero-order chi connectivity index (χ0) is 10.6. The summed E-state index contributed by atoms with van der Waals surface area (Å²) in [6, 6.07) is 0. The fourth-order valence-corrected chi connectivity index (χ4v) is 0. The number of carbonyl (C=O) groups excluding carboxylic acids is 2. The predicted octanol–water partition coefficient (Wildman–Crippen LogP) is -3.96. The van der Waals surface area contributed by atoms with Gasteiger partial charge in [-0.05, 0) is 13.8 Å². The van der Waals surface area contributed by atoms with E-state index in [0.29, 0.717) is 13.1 Å². The molecule has 4 N–H and O–H groups in total. The number of carboxylic acids is 2. The second-order valence-corrected chi connectivity index (χ2v) is 1.56. The van der Waals surface area contributed by atoms with E-state index in [9.17, 15) is 0 Å². The minimum atomic E-state index is -1.08. The van der Waals surface area contributed by atoms with Crippen LogP contribution in [0.3, 0.4) is 0 Å². The normalized spacial score (nSPS) is 6.15. The minimum Gasteiger partial charge on any atom is -0.550 e. The molecule has 0 amide bonds. The van der Waals surface area contributed by atoms with Crippen molar-refractivity contribution in [2.24, 2.45) is 11.5 Å². The summed E-state index contributed by atoms with van der Waals surface area (Å²) in [5.74, 6) is -2.17. The monoisotopic (exact) mass is 218 g/mol. The van der Waals surface area contributed by atoms with E-state index in [1.165, 1.54) is 0 Å². The second kappa shape index (κ2) is 22.7. The molecule has 0 fully saturated rings. The molecule has 0 bridgehead atoms. The molecule has 0 heterocycles. The average Bonchev–Trinajstić information content (AvgIpc) is 1.85. The number of rotatable bonds is 1. The average molecular weight is 218 g/mol. The quantitative estimate of drug-likeness (QED) is 0.431. The van der Waals surface area contributed by atoms with Gasteiger partial charge in [0.15, 0.2) is 0 Å². The predicted molar refractivity (Wildman–Crippen MR) is 45.2 cm³/mol. The molecule has 0 atom stereocenters. The number of carbonyl (C=O) groups is 2. The van der Waals surface area contributed by atoms with Gasteiger partial charge in [-0.25, -0.2) is 0 Å². The van der Waals surface area contributed by atoms with Crippen LogP contribution >= 0.6 is 0 Å². The van der Waals surface area contributed by atoms with Gasteiger partial charge in [0, 0.05) is 25.0 Å². The van der Waals surface area contributed by atoms with Gasteiger partial charge < -0.3 is 31.3 Å². The Morgan fingerprint density at radius 3 is 1.08 bits per heavy atom. The standard InChI is InChI=1S/C2H8N2.2C2H4O2.Ca/c3-1-2-4;2*1-2(3)4;/h1-4H2;2*1H3,(H,3,4);/q;;;+2/p-2. The third-order valence-electron chi connectivity index (χ3n) is 0.167. The van der Waals surface area contributed by atoms with Crippen molar-refractivity contribution in [2.45, 2.75) is 13.8 Å². The van der Waals surface area contributed by atoms with Crippen LogP contribution in [-0.4, -0.2) is 62.8 Å². The van der Waals surface area contributed by atoms with E-state index in [1.54, 1.807) is 0 Å². The molecule has 6 nitrogen and oxygen atoms in total. The molecular formula is C6H14CaN2O4. The number of carboxylic acid groups (broad SMARTS) is 2. The van der Waals surface area contributed by atoms with Gasteiger partial charge in [0.05, 0.1) is 0 Å². The van der Waals surface area contributed by atoms with Gasteiger partial charge in [0.25, 0.3) is 0 Å². The first-order valence-electron chi connectivity index (χ1n) is 3.13. The van der Waals surface area contributed by atoms with E-state index < -0.39 is 11.9 Å². The van der Waals surface area contributed by atoms with Crippen molar-refractivity contribution < 1.29 is 19.8 Å². The Hall–Kier alpha value is 0.120. The number of hydrogen-bond acceptors (Lipinski definition) is 6. The fourth-order valence-electron chi connectivity index (χ4n) is 0. The fraction of sp³-hybridized carbons (Fsp3) is 0.667. The van der Waals surface area contributed by atoms with Gasteiger partial charge >= 0.3 is 37.7 Å². The van der Waals surface area contributed by atoms with Gasteiger partial charge in [0.1, 0.15) is 0 Å². The van der Waals surface area contributed by atoms with Crippen molar-refractivity contribution in [1.29, 1.82) is 0 Å². The molecule has 0 aromatic rings. The summed E-state index contributed by atoms with van der Waals surface area (Å²) < 4.78 is 0. The molecule has 0 aliphatic rings. The van der Waals surface area contributed by atoms with E-state index >= 15 is 0 Å². The molecule has 0 aliphatic carbocycles. The van der Waals surface area contributed by atoms with Crippen LogP contribution in [0.15, 0.2) is 0 Å². The van der Waals surface area contributed by atoms with Gasteiger partial charge in [-0.1, -0.05) is 0 Å².